The van der Waals surface area contributed by atoms with Crippen LogP contribution >= 0.6 is 11.3 Å². The van der Waals surface area contributed by atoms with Crippen molar-refractivity contribution in [1.82, 2.24) is 14.8 Å². The van der Waals surface area contributed by atoms with Crippen LogP contribution in [-0.4, -0.2) is 45.9 Å². The molecule has 1 heterocycles. The number of imide groups is 2. The highest BCUT2D eigenvalue weighted by Crippen LogP contribution is 2.15. The summed E-state index contributed by atoms with van der Waals surface area (Å²) in [4.78, 5) is 45.8. The Bertz CT molecular complexity index is 1060. The van der Waals surface area contributed by atoms with Gasteiger partial charge >= 0.3 is 12.1 Å². The third-order valence-electron chi connectivity index (χ3n) is 4.99. The summed E-state index contributed by atoms with van der Waals surface area (Å²) in [6.45, 7) is 4.12. The van der Waals surface area contributed by atoms with E-state index in [1.54, 1.807) is 5.38 Å². The number of nitrogens with zero attached hydrogens (tertiary/aromatic N) is 3. The molecule has 0 radical (unpaired) electrons. The Balaban J connectivity index is 1.76. The van der Waals surface area contributed by atoms with Crippen molar-refractivity contribution in [1.29, 1.82) is 0 Å². The zero-order valence-electron chi connectivity index (χ0n) is 19.4. The standard InChI is InChI=1S/C26H29N3O4S/c1-20(2)18-29(26(32)33-19-22-12-7-4-8-13-22)25(31)28(24(30)23-27-15-17-34-23)16-9-14-21-10-5-3-6-11-21/h3-8,10-13,15,17,20H,9,14,16,18-19H2,1-2H3. The predicted molar refractivity (Wildman–Crippen MR) is 131 cm³/mol. The van der Waals surface area contributed by atoms with Gasteiger partial charge in [0.1, 0.15) is 6.61 Å². The Kier molecular flexibility index (Phi) is 9.34. The number of aryl methyl sites for hydroxylation is 1. The maximum atomic E-state index is 13.5. The summed E-state index contributed by atoms with van der Waals surface area (Å²) in [6.07, 6.45) is 1.99. The third-order valence-corrected chi connectivity index (χ3v) is 5.75. The Morgan fingerprint density at radius 2 is 1.59 bits per heavy atom. The van der Waals surface area contributed by atoms with E-state index in [1.807, 2.05) is 74.5 Å². The molecule has 1 aromatic heterocycles. The van der Waals surface area contributed by atoms with E-state index < -0.39 is 18.0 Å². The minimum Gasteiger partial charge on any atom is -0.444 e. The van der Waals surface area contributed by atoms with Gasteiger partial charge in [-0.15, -0.1) is 11.3 Å². The maximum Gasteiger partial charge on any atom is 0.418 e. The Morgan fingerprint density at radius 1 is 0.941 bits per heavy atom. The minimum atomic E-state index is -0.775. The first-order valence-electron chi connectivity index (χ1n) is 11.2. The first kappa shape index (κ1) is 25.1. The number of rotatable bonds is 9. The van der Waals surface area contributed by atoms with Crippen molar-refractivity contribution in [3.05, 3.63) is 88.4 Å². The van der Waals surface area contributed by atoms with Crippen molar-refractivity contribution in [3.63, 3.8) is 0 Å². The lowest BCUT2D eigenvalue weighted by atomic mass is 10.1. The number of urea groups is 1. The van der Waals surface area contributed by atoms with Crippen LogP contribution in [-0.2, 0) is 17.8 Å². The van der Waals surface area contributed by atoms with Gasteiger partial charge in [0.2, 0.25) is 0 Å². The molecule has 0 aliphatic heterocycles. The van der Waals surface area contributed by atoms with Gasteiger partial charge in [0.15, 0.2) is 5.01 Å². The van der Waals surface area contributed by atoms with Gasteiger partial charge < -0.3 is 4.74 Å². The summed E-state index contributed by atoms with van der Waals surface area (Å²) in [5, 5.41) is 1.88. The van der Waals surface area contributed by atoms with Crippen molar-refractivity contribution >= 4 is 29.4 Å². The van der Waals surface area contributed by atoms with Crippen LogP contribution in [0, 0.1) is 5.92 Å². The first-order valence-corrected chi connectivity index (χ1v) is 12.1. The quantitative estimate of drug-likeness (QED) is 0.397. The number of ether oxygens (including phenoxy) is 1. The van der Waals surface area contributed by atoms with Gasteiger partial charge in [-0.2, -0.15) is 0 Å². The van der Waals surface area contributed by atoms with Gasteiger partial charge in [-0.3, -0.25) is 9.69 Å². The topological polar surface area (TPSA) is 79.8 Å². The number of carbonyl (C=O) groups is 3. The smallest absolute Gasteiger partial charge is 0.418 e. The zero-order chi connectivity index (χ0) is 24.3. The lowest BCUT2D eigenvalue weighted by Gasteiger charge is -2.28. The Morgan fingerprint density at radius 3 is 2.18 bits per heavy atom. The second kappa shape index (κ2) is 12.6. The van der Waals surface area contributed by atoms with Crippen molar-refractivity contribution in [2.75, 3.05) is 13.1 Å². The lowest BCUT2D eigenvalue weighted by molar-refractivity contribution is 0.0700. The van der Waals surface area contributed by atoms with E-state index in [1.165, 1.54) is 6.20 Å². The van der Waals surface area contributed by atoms with Gasteiger partial charge in [0.25, 0.3) is 5.91 Å². The molecule has 7 nitrogen and oxygen atoms in total. The van der Waals surface area contributed by atoms with E-state index in [9.17, 15) is 14.4 Å². The molecule has 178 valence electrons. The van der Waals surface area contributed by atoms with Crippen LogP contribution in [0.1, 0.15) is 41.2 Å². The highest BCUT2D eigenvalue weighted by atomic mass is 32.1. The van der Waals surface area contributed by atoms with Gasteiger partial charge in [-0.1, -0.05) is 74.5 Å². The van der Waals surface area contributed by atoms with Gasteiger partial charge in [0, 0.05) is 24.7 Å². The van der Waals surface area contributed by atoms with Crippen molar-refractivity contribution in [3.8, 4) is 0 Å². The summed E-state index contributed by atoms with van der Waals surface area (Å²) in [7, 11) is 0. The monoisotopic (exact) mass is 479 g/mol. The molecule has 0 aliphatic carbocycles. The average Bonchev–Trinajstić information content (AvgIpc) is 3.39. The molecule has 0 unspecified atom stereocenters. The van der Waals surface area contributed by atoms with Gasteiger partial charge in [-0.05, 0) is 29.9 Å². The van der Waals surface area contributed by atoms with Crippen LogP contribution in [0.3, 0.4) is 0 Å². The largest absolute Gasteiger partial charge is 0.444 e. The fraction of sp³-hybridized carbons (Fsp3) is 0.308. The molecular formula is C26H29N3O4S. The molecule has 0 bridgehead atoms. The predicted octanol–water partition coefficient (Wildman–Crippen LogP) is 5.63. The van der Waals surface area contributed by atoms with E-state index in [0.717, 1.165) is 32.3 Å². The van der Waals surface area contributed by atoms with E-state index in [0.29, 0.717) is 12.8 Å². The molecule has 0 saturated heterocycles. The van der Waals surface area contributed by atoms with E-state index >= 15 is 0 Å². The molecule has 0 atom stereocenters. The summed E-state index contributed by atoms with van der Waals surface area (Å²) in [5.74, 6) is -0.521. The zero-order valence-corrected chi connectivity index (χ0v) is 20.2. The molecule has 34 heavy (non-hydrogen) atoms. The second-order valence-electron chi connectivity index (χ2n) is 8.21. The Labute approximate surface area is 204 Å². The SMILES string of the molecule is CC(C)CN(C(=O)OCc1ccccc1)C(=O)N(CCCc1ccccc1)C(=O)c1nccs1. The van der Waals surface area contributed by atoms with E-state index in [2.05, 4.69) is 4.98 Å². The molecule has 0 aliphatic rings. The number of hydrogen-bond donors (Lipinski definition) is 0. The molecule has 4 amide bonds. The van der Waals surface area contributed by atoms with E-state index in [-0.39, 0.29) is 30.6 Å². The number of benzene rings is 2. The molecule has 0 N–H and O–H groups in total. The number of hydrogen-bond acceptors (Lipinski definition) is 6. The van der Waals surface area contributed by atoms with Gasteiger partial charge in [0.05, 0.1) is 0 Å². The number of amides is 4. The third kappa shape index (κ3) is 7.25. The van der Waals surface area contributed by atoms with Crippen molar-refractivity contribution in [2.24, 2.45) is 5.92 Å². The van der Waals surface area contributed by atoms with Crippen LogP contribution < -0.4 is 0 Å². The van der Waals surface area contributed by atoms with Gasteiger partial charge in [-0.25, -0.2) is 19.5 Å². The highest BCUT2D eigenvalue weighted by Gasteiger charge is 2.33. The molecule has 3 aromatic rings. The molecule has 3 rings (SSSR count). The summed E-state index contributed by atoms with van der Waals surface area (Å²) in [6, 6.07) is 18.4. The molecule has 0 fully saturated rings. The molecule has 8 heteroatoms. The second-order valence-corrected chi connectivity index (χ2v) is 9.10. The van der Waals surface area contributed by atoms with Crippen LogP contribution in [0.2, 0.25) is 0 Å². The van der Waals surface area contributed by atoms with Crippen LogP contribution in [0.4, 0.5) is 9.59 Å². The fourth-order valence-electron chi connectivity index (χ4n) is 3.35. The van der Waals surface area contributed by atoms with E-state index in [4.69, 9.17) is 4.74 Å². The fourth-order valence-corrected chi connectivity index (χ4v) is 3.94. The molecule has 2 aromatic carbocycles. The Hall–Kier alpha value is -3.52. The van der Waals surface area contributed by atoms with Crippen molar-refractivity contribution < 1.29 is 19.1 Å². The molecule has 0 spiro atoms. The summed E-state index contributed by atoms with van der Waals surface area (Å²) >= 11 is 1.16. The lowest BCUT2D eigenvalue weighted by Crippen LogP contribution is -2.50. The van der Waals surface area contributed by atoms with Crippen LogP contribution in [0.15, 0.2) is 72.2 Å². The number of thiazole rings is 1. The maximum absolute atomic E-state index is 13.5. The summed E-state index contributed by atoms with van der Waals surface area (Å²) in [5.41, 5.74) is 1.92. The number of aromatic nitrogens is 1. The molecule has 0 saturated carbocycles. The normalized spacial score (nSPS) is 10.7. The van der Waals surface area contributed by atoms with Crippen LogP contribution in [0.25, 0.3) is 0 Å². The number of carbonyl (C=O) groups excluding carboxylic acids is 3. The first-order chi connectivity index (χ1) is 16.5. The van der Waals surface area contributed by atoms with Crippen LogP contribution in [0.5, 0.6) is 0 Å². The summed E-state index contributed by atoms with van der Waals surface area (Å²) < 4.78 is 5.42. The highest BCUT2D eigenvalue weighted by molar-refractivity contribution is 7.11. The molecular weight excluding hydrogens is 450 g/mol. The van der Waals surface area contributed by atoms with Crippen molar-refractivity contribution in [2.45, 2.75) is 33.3 Å². The minimum absolute atomic E-state index is 0.00522. The average molecular weight is 480 g/mol.